The number of carbonyl (C=O) groups is 1. The number of hydrogen-bond acceptors (Lipinski definition) is 4. The summed E-state index contributed by atoms with van der Waals surface area (Å²) in [7, 11) is 0. The van der Waals surface area contributed by atoms with Gasteiger partial charge in [-0.2, -0.15) is 0 Å². The Morgan fingerprint density at radius 1 is 1.00 bits per heavy atom. The van der Waals surface area contributed by atoms with Crippen molar-refractivity contribution >= 4 is 5.91 Å². The van der Waals surface area contributed by atoms with Crippen molar-refractivity contribution in [2.45, 2.75) is 48.1 Å². The summed E-state index contributed by atoms with van der Waals surface area (Å²) in [6.07, 6.45) is 0. The van der Waals surface area contributed by atoms with E-state index in [1.165, 1.54) is 0 Å². The monoisotopic (exact) mass is 311 g/mol. The minimum Gasteiger partial charge on any atom is -0.490 e. The number of rotatable bonds is 8. The van der Waals surface area contributed by atoms with E-state index in [4.69, 9.17) is 14.2 Å². The van der Waals surface area contributed by atoms with Crippen LogP contribution < -0.4 is 19.5 Å². The van der Waals surface area contributed by atoms with Gasteiger partial charge in [0.1, 0.15) is 0 Å². The van der Waals surface area contributed by atoms with E-state index in [1.807, 2.05) is 34.6 Å². The van der Waals surface area contributed by atoms with Crippen molar-refractivity contribution in [1.82, 2.24) is 5.32 Å². The number of benzene rings is 1. The van der Waals surface area contributed by atoms with Gasteiger partial charge in [0, 0.05) is 11.6 Å². The van der Waals surface area contributed by atoms with Crippen LogP contribution in [0.5, 0.6) is 17.2 Å². The first-order valence-electron chi connectivity index (χ1n) is 7.40. The molecule has 0 saturated carbocycles. The fourth-order valence-electron chi connectivity index (χ4n) is 1.87. The van der Waals surface area contributed by atoms with Gasteiger partial charge in [-0.3, -0.25) is 4.79 Å². The zero-order chi connectivity index (χ0) is 15.8. The Labute approximate surface area is 134 Å². The van der Waals surface area contributed by atoms with Gasteiger partial charge >= 0.3 is 0 Å². The molecule has 1 amide bonds. The second-order valence-corrected chi connectivity index (χ2v) is 4.73. The maximum Gasteiger partial charge on any atom is 0.251 e. The summed E-state index contributed by atoms with van der Waals surface area (Å²) in [6.45, 7) is 11.0. The highest BCUT2D eigenvalue weighted by Gasteiger charge is 2.18. The van der Waals surface area contributed by atoms with Crippen molar-refractivity contribution in [1.29, 1.82) is 0 Å². The molecule has 1 aromatic rings. The minimum atomic E-state index is -0.157. The average molecular weight is 311 g/mol. The van der Waals surface area contributed by atoms with E-state index in [0.29, 0.717) is 42.6 Å². The number of amides is 1. The fourth-order valence-corrected chi connectivity index (χ4v) is 1.87. The van der Waals surface area contributed by atoms with E-state index in [-0.39, 0.29) is 19.4 Å². The molecular weight excluding hydrogens is 282 g/mol. The van der Waals surface area contributed by atoms with Gasteiger partial charge in [0.05, 0.1) is 19.8 Å². The SMILES string of the molecule is C.CCOc1cc(C(=O)NC(C)C)cc(OCC)c1OCC. The van der Waals surface area contributed by atoms with Crippen LogP contribution in [0.2, 0.25) is 0 Å². The van der Waals surface area contributed by atoms with Crippen LogP contribution in [0.25, 0.3) is 0 Å². The molecule has 0 spiro atoms. The smallest absolute Gasteiger partial charge is 0.251 e. The molecule has 22 heavy (non-hydrogen) atoms. The summed E-state index contributed by atoms with van der Waals surface area (Å²) in [5.74, 6) is 1.44. The normalized spacial score (nSPS) is 9.91. The van der Waals surface area contributed by atoms with Crippen LogP contribution in [0.4, 0.5) is 0 Å². The Balaban J connectivity index is 0.00000441. The molecule has 0 aliphatic carbocycles. The van der Waals surface area contributed by atoms with Gasteiger partial charge in [-0.1, -0.05) is 7.43 Å². The predicted octanol–water partition coefficient (Wildman–Crippen LogP) is 3.66. The third-order valence-electron chi connectivity index (χ3n) is 2.59. The molecule has 0 unspecified atom stereocenters. The van der Waals surface area contributed by atoms with E-state index in [9.17, 15) is 4.79 Å². The standard InChI is InChI=1S/C16H25NO4.CH4/c1-6-19-13-9-12(16(18)17-11(4)5)10-14(20-7-2)15(13)21-8-3;/h9-11H,6-8H2,1-5H3,(H,17,18);1H4. The second kappa shape index (κ2) is 9.92. The first-order valence-corrected chi connectivity index (χ1v) is 7.40. The number of nitrogens with one attached hydrogen (secondary N) is 1. The van der Waals surface area contributed by atoms with Crippen LogP contribution >= 0.6 is 0 Å². The van der Waals surface area contributed by atoms with E-state index >= 15 is 0 Å². The summed E-state index contributed by atoms with van der Waals surface area (Å²) in [6, 6.07) is 3.44. The zero-order valence-corrected chi connectivity index (χ0v) is 13.5. The van der Waals surface area contributed by atoms with Crippen LogP contribution in [-0.2, 0) is 0 Å². The van der Waals surface area contributed by atoms with Gasteiger partial charge in [0.2, 0.25) is 5.75 Å². The Bertz CT molecular complexity index is 445. The molecular formula is C17H29NO4. The summed E-state index contributed by atoms with van der Waals surface area (Å²) in [5.41, 5.74) is 0.499. The molecule has 1 rings (SSSR count). The lowest BCUT2D eigenvalue weighted by Gasteiger charge is -2.17. The highest BCUT2D eigenvalue weighted by atomic mass is 16.5. The van der Waals surface area contributed by atoms with E-state index < -0.39 is 0 Å². The lowest BCUT2D eigenvalue weighted by atomic mass is 10.1. The zero-order valence-electron chi connectivity index (χ0n) is 13.5. The molecule has 0 atom stereocenters. The van der Waals surface area contributed by atoms with Crippen molar-refractivity contribution in [3.8, 4) is 17.2 Å². The van der Waals surface area contributed by atoms with E-state index in [0.717, 1.165) is 0 Å². The van der Waals surface area contributed by atoms with Crippen LogP contribution in [0.15, 0.2) is 12.1 Å². The molecule has 0 bridgehead atoms. The maximum absolute atomic E-state index is 12.2. The first kappa shape index (κ1) is 20.1. The lowest BCUT2D eigenvalue weighted by Crippen LogP contribution is -2.30. The number of ether oxygens (including phenoxy) is 3. The van der Waals surface area contributed by atoms with Crippen LogP contribution in [0.3, 0.4) is 0 Å². The summed E-state index contributed by atoms with van der Waals surface area (Å²) >= 11 is 0. The lowest BCUT2D eigenvalue weighted by molar-refractivity contribution is 0.0942. The Kier molecular flexibility index (Phi) is 9.06. The fraction of sp³-hybridized carbons (Fsp3) is 0.588. The highest BCUT2D eigenvalue weighted by molar-refractivity contribution is 5.95. The third kappa shape index (κ3) is 5.47. The average Bonchev–Trinajstić information content (AvgIpc) is 2.41. The minimum absolute atomic E-state index is 0. The molecule has 0 radical (unpaired) electrons. The quantitative estimate of drug-likeness (QED) is 0.796. The Morgan fingerprint density at radius 2 is 1.45 bits per heavy atom. The van der Waals surface area contributed by atoms with Crippen molar-refractivity contribution in [2.75, 3.05) is 19.8 Å². The van der Waals surface area contributed by atoms with Gasteiger partial charge < -0.3 is 19.5 Å². The number of carbonyl (C=O) groups excluding carboxylic acids is 1. The first-order chi connectivity index (χ1) is 10.0. The predicted molar refractivity (Wildman–Crippen MR) is 89.3 cm³/mol. The second-order valence-electron chi connectivity index (χ2n) is 4.73. The molecule has 0 heterocycles. The summed E-state index contributed by atoms with van der Waals surface area (Å²) < 4.78 is 16.8. The van der Waals surface area contributed by atoms with Crippen LogP contribution in [-0.4, -0.2) is 31.8 Å². The van der Waals surface area contributed by atoms with Gasteiger partial charge in [0.25, 0.3) is 5.91 Å². The Morgan fingerprint density at radius 3 is 1.82 bits per heavy atom. The van der Waals surface area contributed by atoms with Crippen molar-refractivity contribution in [3.05, 3.63) is 17.7 Å². The van der Waals surface area contributed by atoms with Crippen molar-refractivity contribution in [2.24, 2.45) is 0 Å². The summed E-state index contributed by atoms with van der Waals surface area (Å²) in [4.78, 5) is 12.2. The Hall–Kier alpha value is -1.91. The third-order valence-corrected chi connectivity index (χ3v) is 2.59. The molecule has 0 saturated heterocycles. The molecule has 1 N–H and O–H groups in total. The van der Waals surface area contributed by atoms with Crippen molar-refractivity contribution in [3.63, 3.8) is 0 Å². The molecule has 0 aliphatic rings. The molecule has 5 heteroatoms. The van der Waals surface area contributed by atoms with Gasteiger partial charge in [-0.05, 0) is 46.8 Å². The molecule has 0 aliphatic heterocycles. The maximum atomic E-state index is 12.2. The van der Waals surface area contributed by atoms with E-state index in [2.05, 4.69) is 5.32 Å². The van der Waals surface area contributed by atoms with Crippen LogP contribution in [0, 0.1) is 0 Å². The highest BCUT2D eigenvalue weighted by Crippen LogP contribution is 2.39. The topological polar surface area (TPSA) is 56.8 Å². The molecule has 5 nitrogen and oxygen atoms in total. The largest absolute Gasteiger partial charge is 0.490 e. The van der Waals surface area contributed by atoms with Crippen LogP contribution in [0.1, 0.15) is 52.4 Å². The molecule has 1 aromatic carbocycles. The van der Waals surface area contributed by atoms with Gasteiger partial charge in [0.15, 0.2) is 11.5 Å². The number of hydrogen-bond donors (Lipinski definition) is 1. The van der Waals surface area contributed by atoms with Crippen molar-refractivity contribution < 1.29 is 19.0 Å². The summed E-state index contributed by atoms with van der Waals surface area (Å²) in [5, 5.41) is 2.86. The van der Waals surface area contributed by atoms with Gasteiger partial charge in [-0.15, -0.1) is 0 Å². The van der Waals surface area contributed by atoms with E-state index in [1.54, 1.807) is 12.1 Å². The van der Waals surface area contributed by atoms with Gasteiger partial charge in [-0.25, -0.2) is 0 Å². The molecule has 126 valence electrons. The molecule has 0 aromatic heterocycles. The molecule has 0 fully saturated rings.